The number of hydrogen-bond donors (Lipinski definition) is 2. The van der Waals surface area contributed by atoms with Crippen LogP contribution in [0.3, 0.4) is 0 Å². The molecule has 0 aliphatic carbocycles. The molecule has 0 atom stereocenters. The molecule has 1 amide bonds. The molecule has 0 spiro atoms. The molecule has 0 unspecified atom stereocenters. The van der Waals surface area contributed by atoms with E-state index < -0.39 is 0 Å². The molecule has 0 bridgehead atoms. The molecule has 0 saturated carbocycles. The van der Waals surface area contributed by atoms with E-state index in [9.17, 15) is 4.79 Å². The van der Waals surface area contributed by atoms with Crippen LogP contribution in [0.25, 0.3) is 0 Å². The van der Waals surface area contributed by atoms with Gasteiger partial charge in [0.1, 0.15) is 0 Å². The summed E-state index contributed by atoms with van der Waals surface area (Å²) in [7, 11) is 0. The summed E-state index contributed by atoms with van der Waals surface area (Å²) in [5.41, 5.74) is 6.73. The summed E-state index contributed by atoms with van der Waals surface area (Å²) in [5, 5.41) is 11.4. The quantitative estimate of drug-likeness (QED) is 0.826. The van der Waals surface area contributed by atoms with Gasteiger partial charge in [-0.25, -0.2) is 0 Å². The molecule has 9 heteroatoms. The van der Waals surface area contributed by atoms with E-state index in [0.29, 0.717) is 25.2 Å². The number of aromatic nitrogens is 2. The molecule has 0 saturated heterocycles. The van der Waals surface area contributed by atoms with Gasteiger partial charge in [0.25, 0.3) is 0 Å². The highest BCUT2D eigenvalue weighted by Crippen LogP contribution is 2.33. The Morgan fingerprint density at radius 1 is 1.45 bits per heavy atom. The van der Waals surface area contributed by atoms with Crippen molar-refractivity contribution in [3.63, 3.8) is 0 Å². The molecule has 1 aromatic carbocycles. The number of carbonyl (C=O) groups excluding carboxylic acids is 1. The number of amides is 1. The lowest BCUT2D eigenvalue weighted by Gasteiger charge is -2.10. The van der Waals surface area contributed by atoms with Crippen LogP contribution in [0.2, 0.25) is 10.0 Å². The molecule has 5 nitrogen and oxygen atoms in total. The fourth-order valence-corrected chi connectivity index (χ4v) is 3.25. The highest BCUT2D eigenvalue weighted by molar-refractivity contribution is 8.01. The number of nitrogens with two attached hydrogens (primary N) is 1. The van der Waals surface area contributed by atoms with Gasteiger partial charge in [-0.1, -0.05) is 52.4 Å². The predicted octanol–water partition coefficient (Wildman–Crippen LogP) is 3.47. The van der Waals surface area contributed by atoms with E-state index in [1.807, 2.05) is 6.92 Å². The molecule has 0 aliphatic rings. The summed E-state index contributed by atoms with van der Waals surface area (Å²) in [6.07, 6.45) is 0. The third kappa shape index (κ3) is 3.76. The number of halogens is 2. The summed E-state index contributed by atoms with van der Waals surface area (Å²) in [6.45, 7) is 1.84. The van der Waals surface area contributed by atoms with Gasteiger partial charge in [-0.3, -0.25) is 4.79 Å². The lowest BCUT2D eigenvalue weighted by molar-refractivity contribution is -0.113. The van der Waals surface area contributed by atoms with E-state index in [1.165, 1.54) is 23.1 Å². The minimum absolute atomic E-state index is 0.176. The standard InChI is InChI=1S/C11H10Cl2N4OS2/c1-5-2-3-6(12)9(8(5)13)15-7(18)4-19-11-17-16-10(14)20-11/h2-3H,4H2,1H3,(H2,14,16)(H,15,18). The van der Waals surface area contributed by atoms with E-state index >= 15 is 0 Å². The van der Waals surface area contributed by atoms with Crippen molar-refractivity contribution >= 4 is 63.0 Å². The van der Waals surface area contributed by atoms with Crippen LogP contribution >= 0.6 is 46.3 Å². The van der Waals surface area contributed by atoms with Gasteiger partial charge in [-0.15, -0.1) is 10.2 Å². The maximum atomic E-state index is 11.9. The molecule has 0 aliphatic heterocycles. The van der Waals surface area contributed by atoms with E-state index in [-0.39, 0.29) is 11.7 Å². The molecule has 0 fully saturated rings. The van der Waals surface area contributed by atoms with Crippen LogP contribution in [0.15, 0.2) is 16.5 Å². The molecule has 3 N–H and O–H groups in total. The van der Waals surface area contributed by atoms with Gasteiger partial charge in [-0.2, -0.15) is 0 Å². The average molecular weight is 349 g/mol. The number of anilines is 2. The van der Waals surface area contributed by atoms with Crippen molar-refractivity contribution in [3.05, 3.63) is 27.7 Å². The molecule has 1 heterocycles. The monoisotopic (exact) mass is 348 g/mol. The summed E-state index contributed by atoms with van der Waals surface area (Å²) in [6, 6.07) is 3.48. The van der Waals surface area contributed by atoms with E-state index in [1.54, 1.807) is 12.1 Å². The predicted molar refractivity (Wildman–Crippen MR) is 84.9 cm³/mol. The van der Waals surface area contributed by atoms with Gasteiger partial charge in [0.15, 0.2) is 4.34 Å². The molecule has 1 aromatic heterocycles. The van der Waals surface area contributed by atoms with Crippen LogP contribution in [0.5, 0.6) is 0 Å². The van der Waals surface area contributed by atoms with Crippen molar-refractivity contribution < 1.29 is 4.79 Å². The summed E-state index contributed by atoms with van der Waals surface area (Å²) < 4.78 is 0.638. The number of rotatable bonds is 4. The summed E-state index contributed by atoms with van der Waals surface area (Å²) in [5.74, 6) is -0.0481. The van der Waals surface area contributed by atoms with Crippen LogP contribution in [0.1, 0.15) is 5.56 Å². The topological polar surface area (TPSA) is 80.9 Å². The van der Waals surface area contributed by atoms with Crippen LogP contribution in [0.4, 0.5) is 10.8 Å². The molecular formula is C11H10Cl2N4OS2. The Morgan fingerprint density at radius 3 is 2.85 bits per heavy atom. The Bertz CT molecular complexity index is 647. The molecule has 20 heavy (non-hydrogen) atoms. The number of carbonyl (C=O) groups is 1. The first-order valence-corrected chi connectivity index (χ1v) is 7.99. The smallest absolute Gasteiger partial charge is 0.234 e. The van der Waals surface area contributed by atoms with Crippen molar-refractivity contribution in [1.82, 2.24) is 10.2 Å². The third-order valence-electron chi connectivity index (χ3n) is 2.30. The van der Waals surface area contributed by atoms with Crippen molar-refractivity contribution in [3.8, 4) is 0 Å². The van der Waals surface area contributed by atoms with Gasteiger partial charge in [-0.05, 0) is 18.6 Å². The second-order valence-corrected chi connectivity index (χ2v) is 6.81. The number of thioether (sulfide) groups is 1. The van der Waals surface area contributed by atoms with Crippen LogP contribution in [0, 0.1) is 6.92 Å². The minimum atomic E-state index is -0.224. The fraction of sp³-hybridized carbons (Fsp3) is 0.182. The van der Waals surface area contributed by atoms with Crippen molar-refractivity contribution in [2.75, 3.05) is 16.8 Å². The number of nitrogens with one attached hydrogen (secondary N) is 1. The van der Waals surface area contributed by atoms with Crippen LogP contribution < -0.4 is 11.1 Å². The third-order valence-corrected chi connectivity index (χ3v) is 4.99. The van der Waals surface area contributed by atoms with E-state index in [2.05, 4.69) is 15.5 Å². The van der Waals surface area contributed by atoms with E-state index in [0.717, 1.165) is 5.56 Å². The average Bonchev–Trinajstić information content (AvgIpc) is 2.83. The maximum absolute atomic E-state index is 11.9. The number of benzene rings is 1. The van der Waals surface area contributed by atoms with Gasteiger partial charge >= 0.3 is 0 Å². The van der Waals surface area contributed by atoms with Crippen molar-refractivity contribution in [2.24, 2.45) is 0 Å². The Labute approximate surface area is 133 Å². The highest BCUT2D eigenvalue weighted by Gasteiger charge is 2.13. The Balaban J connectivity index is 2.00. The second kappa shape index (κ2) is 6.62. The SMILES string of the molecule is Cc1ccc(Cl)c(NC(=O)CSc2nnc(N)s2)c1Cl. The largest absolute Gasteiger partial charge is 0.374 e. The number of nitrogens with zero attached hydrogens (tertiary/aromatic N) is 2. The molecular weight excluding hydrogens is 339 g/mol. The lowest BCUT2D eigenvalue weighted by Crippen LogP contribution is -2.14. The summed E-state index contributed by atoms with van der Waals surface area (Å²) >= 11 is 14.6. The van der Waals surface area contributed by atoms with Gasteiger partial charge in [0, 0.05) is 0 Å². The van der Waals surface area contributed by atoms with Crippen molar-refractivity contribution in [2.45, 2.75) is 11.3 Å². The normalized spacial score (nSPS) is 10.6. The Morgan fingerprint density at radius 2 is 2.20 bits per heavy atom. The molecule has 106 valence electrons. The maximum Gasteiger partial charge on any atom is 0.234 e. The first-order valence-electron chi connectivity index (χ1n) is 5.43. The number of nitrogen functional groups attached to an aromatic ring is 1. The first kappa shape index (κ1) is 15.4. The zero-order chi connectivity index (χ0) is 14.7. The minimum Gasteiger partial charge on any atom is -0.374 e. The zero-order valence-corrected chi connectivity index (χ0v) is 13.5. The van der Waals surface area contributed by atoms with E-state index in [4.69, 9.17) is 28.9 Å². The number of hydrogen-bond acceptors (Lipinski definition) is 6. The molecule has 2 aromatic rings. The van der Waals surface area contributed by atoms with Crippen molar-refractivity contribution in [1.29, 1.82) is 0 Å². The van der Waals surface area contributed by atoms with Gasteiger partial charge < -0.3 is 11.1 Å². The molecule has 2 rings (SSSR count). The summed E-state index contributed by atoms with van der Waals surface area (Å²) in [4.78, 5) is 11.9. The van der Waals surface area contributed by atoms with Gasteiger partial charge in [0.2, 0.25) is 11.0 Å². The molecule has 0 radical (unpaired) electrons. The first-order chi connectivity index (χ1) is 9.47. The lowest BCUT2D eigenvalue weighted by atomic mass is 10.2. The van der Waals surface area contributed by atoms with Crippen LogP contribution in [-0.4, -0.2) is 21.9 Å². The Hall–Kier alpha value is -1.02. The highest BCUT2D eigenvalue weighted by atomic mass is 35.5. The zero-order valence-electron chi connectivity index (χ0n) is 10.3. The fourth-order valence-electron chi connectivity index (χ4n) is 1.35. The second-order valence-electron chi connectivity index (χ2n) is 3.80. The Kier molecular flexibility index (Phi) is 5.09. The van der Waals surface area contributed by atoms with Crippen LogP contribution in [-0.2, 0) is 4.79 Å². The van der Waals surface area contributed by atoms with Gasteiger partial charge in [0.05, 0.1) is 21.5 Å². The number of aryl methyl sites for hydroxylation is 1.